The van der Waals surface area contributed by atoms with Gasteiger partial charge in [-0.05, 0) is 51.6 Å². The number of likely N-dealkylation sites (tertiary alicyclic amines) is 1. The number of nitrogens with zero attached hydrogens (tertiary/aromatic N) is 1. The maximum atomic E-state index is 12.1. The average Bonchev–Trinajstić information content (AvgIpc) is 2.86. The van der Waals surface area contributed by atoms with Crippen LogP contribution in [0.5, 0.6) is 0 Å². The SMILES string of the molecule is CC(C)(C)OC(=O)[C@H]1CCCN1Cc1cccs1. The first-order valence-corrected chi connectivity index (χ1v) is 7.33. The van der Waals surface area contributed by atoms with Gasteiger partial charge in [0.2, 0.25) is 0 Å². The van der Waals surface area contributed by atoms with E-state index in [1.54, 1.807) is 11.3 Å². The Hall–Kier alpha value is -0.870. The number of carbonyl (C=O) groups is 1. The van der Waals surface area contributed by atoms with Crippen molar-refractivity contribution in [3.05, 3.63) is 22.4 Å². The molecule has 1 aliphatic heterocycles. The van der Waals surface area contributed by atoms with Gasteiger partial charge in [-0.3, -0.25) is 9.69 Å². The van der Waals surface area contributed by atoms with Crippen LogP contribution in [0.2, 0.25) is 0 Å². The summed E-state index contributed by atoms with van der Waals surface area (Å²) in [7, 11) is 0. The zero-order chi connectivity index (χ0) is 13.2. The molecule has 2 heterocycles. The molecule has 0 amide bonds. The highest BCUT2D eigenvalue weighted by molar-refractivity contribution is 7.09. The minimum Gasteiger partial charge on any atom is -0.459 e. The number of hydrogen-bond acceptors (Lipinski definition) is 4. The third kappa shape index (κ3) is 3.56. The smallest absolute Gasteiger partial charge is 0.323 e. The van der Waals surface area contributed by atoms with Gasteiger partial charge < -0.3 is 4.74 Å². The van der Waals surface area contributed by atoms with E-state index in [1.807, 2.05) is 20.8 Å². The largest absolute Gasteiger partial charge is 0.459 e. The van der Waals surface area contributed by atoms with Crippen LogP contribution >= 0.6 is 11.3 Å². The molecule has 0 N–H and O–H groups in total. The maximum absolute atomic E-state index is 12.1. The number of ether oxygens (including phenoxy) is 1. The molecule has 1 fully saturated rings. The predicted molar refractivity (Wildman–Crippen MR) is 73.6 cm³/mol. The van der Waals surface area contributed by atoms with Crippen LogP contribution in [0.4, 0.5) is 0 Å². The lowest BCUT2D eigenvalue weighted by Gasteiger charge is -2.27. The van der Waals surface area contributed by atoms with Crippen molar-refractivity contribution in [3.8, 4) is 0 Å². The standard InChI is InChI=1S/C14H21NO2S/c1-14(2,3)17-13(16)12-7-4-8-15(12)10-11-6-5-9-18-11/h5-6,9,12H,4,7-8,10H2,1-3H3/t12-/m1/s1. The van der Waals surface area contributed by atoms with E-state index < -0.39 is 5.60 Å². The summed E-state index contributed by atoms with van der Waals surface area (Å²) in [4.78, 5) is 15.7. The van der Waals surface area contributed by atoms with Crippen molar-refractivity contribution in [3.63, 3.8) is 0 Å². The van der Waals surface area contributed by atoms with E-state index in [2.05, 4.69) is 22.4 Å². The molecule has 0 saturated carbocycles. The number of hydrogen-bond donors (Lipinski definition) is 0. The number of esters is 1. The van der Waals surface area contributed by atoms with Crippen LogP contribution in [0, 0.1) is 0 Å². The van der Waals surface area contributed by atoms with Crippen molar-refractivity contribution in [2.75, 3.05) is 6.54 Å². The summed E-state index contributed by atoms with van der Waals surface area (Å²) in [6, 6.07) is 4.11. The number of thiophene rings is 1. The van der Waals surface area contributed by atoms with Gasteiger partial charge >= 0.3 is 5.97 Å². The molecule has 1 aromatic rings. The molecule has 0 aromatic carbocycles. The lowest BCUT2D eigenvalue weighted by molar-refractivity contribution is -0.160. The van der Waals surface area contributed by atoms with Gasteiger partial charge in [0, 0.05) is 11.4 Å². The van der Waals surface area contributed by atoms with E-state index in [0.717, 1.165) is 25.9 Å². The van der Waals surface area contributed by atoms with Gasteiger partial charge in [0.05, 0.1) is 0 Å². The highest BCUT2D eigenvalue weighted by Gasteiger charge is 2.33. The lowest BCUT2D eigenvalue weighted by atomic mass is 10.1. The Balaban J connectivity index is 1.97. The fourth-order valence-electron chi connectivity index (χ4n) is 2.25. The van der Waals surface area contributed by atoms with E-state index in [-0.39, 0.29) is 12.0 Å². The van der Waals surface area contributed by atoms with Crippen molar-refractivity contribution < 1.29 is 9.53 Å². The van der Waals surface area contributed by atoms with Crippen molar-refractivity contribution in [1.82, 2.24) is 4.90 Å². The van der Waals surface area contributed by atoms with Gasteiger partial charge in [-0.25, -0.2) is 0 Å². The first-order valence-electron chi connectivity index (χ1n) is 6.45. The van der Waals surface area contributed by atoms with E-state index in [1.165, 1.54) is 4.88 Å². The molecule has 2 rings (SSSR count). The Morgan fingerprint density at radius 1 is 1.56 bits per heavy atom. The molecule has 3 nitrogen and oxygen atoms in total. The van der Waals surface area contributed by atoms with Crippen LogP contribution < -0.4 is 0 Å². The van der Waals surface area contributed by atoms with Crippen molar-refractivity contribution >= 4 is 17.3 Å². The number of carbonyl (C=O) groups excluding carboxylic acids is 1. The Bertz CT molecular complexity index is 394. The molecule has 1 aromatic heterocycles. The molecule has 100 valence electrons. The van der Waals surface area contributed by atoms with Crippen molar-refractivity contribution in [2.24, 2.45) is 0 Å². The van der Waals surface area contributed by atoms with Crippen LogP contribution in [0.25, 0.3) is 0 Å². The normalized spacial score (nSPS) is 21.2. The summed E-state index contributed by atoms with van der Waals surface area (Å²) in [6.45, 7) is 7.61. The van der Waals surface area contributed by atoms with Gasteiger partial charge in [0.15, 0.2) is 0 Å². The summed E-state index contributed by atoms with van der Waals surface area (Å²) in [5.74, 6) is -0.0726. The van der Waals surface area contributed by atoms with Crippen LogP contribution in [-0.4, -0.2) is 29.1 Å². The van der Waals surface area contributed by atoms with Crippen molar-refractivity contribution in [2.45, 2.75) is 51.8 Å². The summed E-state index contributed by atoms with van der Waals surface area (Å²) < 4.78 is 5.49. The van der Waals surface area contributed by atoms with E-state index in [9.17, 15) is 4.79 Å². The second-order valence-electron chi connectivity index (χ2n) is 5.74. The molecule has 4 heteroatoms. The molecular weight excluding hydrogens is 246 g/mol. The van der Waals surface area contributed by atoms with Gasteiger partial charge in [0.1, 0.15) is 11.6 Å². The molecule has 1 saturated heterocycles. The summed E-state index contributed by atoms with van der Waals surface area (Å²) in [5.41, 5.74) is -0.395. The zero-order valence-electron chi connectivity index (χ0n) is 11.3. The zero-order valence-corrected chi connectivity index (χ0v) is 12.1. The van der Waals surface area contributed by atoms with E-state index >= 15 is 0 Å². The second-order valence-corrected chi connectivity index (χ2v) is 6.77. The molecule has 0 spiro atoms. The quantitative estimate of drug-likeness (QED) is 0.788. The minimum atomic E-state index is -0.395. The maximum Gasteiger partial charge on any atom is 0.323 e. The van der Waals surface area contributed by atoms with Gasteiger partial charge in [-0.15, -0.1) is 11.3 Å². The molecule has 0 bridgehead atoms. The predicted octanol–water partition coefficient (Wildman–Crippen LogP) is 3.05. The highest BCUT2D eigenvalue weighted by Crippen LogP contribution is 2.24. The fourth-order valence-corrected chi connectivity index (χ4v) is 2.98. The third-order valence-electron chi connectivity index (χ3n) is 2.98. The Morgan fingerprint density at radius 3 is 2.94 bits per heavy atom. The molecule has 1 atom stereocenters. The van der Waals surface area contributed by atoms with Crippen LogP contribution in [0.1, 0.15) is 38.5 Å². The summed E-state index contributed by atoms with van der Waals surface area (Å²) in [6.07, 6.45) is 2.00. The lowest BCUT2D eigenvalue weighted by Crippen LogP contribution is -2.39. The topological polar surface area (TPSA) is 29.5 Å². The minimum absolute atomic E-state index is 0.0636. The molecule has 0 aliphatic carbocycles. The summed E-state index contributed by atoms with van der Waals surface area (Å²) in [5, 5.41) is 2.08. The third-order valence-corrected chi connectivity index (χ3v) is 3.84. The second kappa shape index (κ2) is 5.41. The highest BCUT2D eigenvalue weighted by atomic mass is 32.1. The number of rotatable bonds is 3. The molecular formula is C14H21NO2S. The Morgan fingerprint density at radius 2 is 2.33 bits per heavy atom. The first-order chi connectivity index (χ1) is 8.46. The van der Waals surface area contributed by atoms with Gasteiger partial charge in [-0.1, -0.05) is 6.07 Å². The molecule has 0 radical (unpaired) electrons. The van der Waals surface area contributed by atoms with E-state index in [4.69, 9.17) is 4.74 Å². The summed E-state index contributed by atoms with van der Waals surface area (Å²) >= 11 is 1.74. The Labute approximate surface area is 113 Å². The Kier molecular flexibility index (Phi) is 4.07. The first kappa shape index (κ1) is 13.6. The van der Waals surface area contributed by atoms with Gasteiger partial charge in [0.25, 0.3) is 0 Å². The van der Waals surface area contributed by atoms with Gasteiger partial charge in [-0.2, -0.15) is 0 Å². The molecule has 0 unspecified atom stereocenters. The molecule has 1 aliphatic rings. The average molecular weight is 267 g/mol. The van der Waals surface area contributed by atoms with Crippen molar-refractivity contribution in [1.29, 1.82) is 0 Å². The van der Waals surface area contributed by atoms with E-state index in [0.29, 0.717) is 0 Å². The fraction of sp³-hybridized carbons (Fsp3) is 0.643. The van der Waals surface area contributed by atoms with Crippen LogP contribution in [0.15, 0.2) is 17.5 Å². The monoisotopic (exact) mass is 267 g/mol. The van der Waals surface area contributed by atoms with Crippen LogP contribution in [0.3, 0.4) is 0 Å². The molecule has 18 heavy (non-hydrogen) atoms. The van der Waals surface area contributed by atoms with Crippen LogP contribution in [-0.2, 0) is 16.1 Å².